The maximum atomic E-state index is 10.9. The van der Waals surface area contributed by atoms with Crippen LogP contribution in [0.15, 0.2) is 0 Å². The van der Waals surface area contributed by atoms with Crippen molar-refractivity contribution in [1.82, 2.24) is 5.32 Å². The third kappa shape index (κ3) is 3.35. The summed E-state index contributed by atoms with van der Waals surface area (Å²) in [6.07, 6.45) is 0.678. The van der Waals surface area contributed by atoms with Crippen LogP contribution in [0.3, 0.4) is 0 Å². The molecular weight excluding hydrogens is 156 g/mol. The second-order valence-corrected chi connectivity index (χ2v) is 2.50. The fourth-order valence-electron chi connectivity index (χ4n) is 0.793. The van der Waals surface area contributed by atoms with Gasteiger partial charge in [-0.3, -0.25) is 10.1 Å². The number of rotatable bonds is 4. The summed E-state index contributed by atoms with van der Waals surface area (Å²) in [6, 6.07) is 1.35. The molecule has 0 aliphatic carbocycles. The lowest BCUT2D eigenvalue weighted by molar-refractivity contribution is -0.142. The molecule has 0 fully saturated rings. The van der Waals surface area contributed by atoms with Gasteiger partial charge in [0.25, 0.3) is 0 Å². The first-order valence-electron chi connectivity index (χ1n) is 3.89. The summed E-state index contributed by atoms with van der Waals surface area (Å²) in [5, 5.41) is 11.4. The zero-order valence-electron chi connectivity index (χ0n) is 7.63. The van der Waals surface area contributed by atoms with Gasteiger partial charge in [0.2, 0.25) is 0 Å². The highest BCUT2D eigenvalue weighted by Crippen LogP contribution is 1.93. The van der Waals surface area contributed by atoms with Gasteiger partial charge in [-0.1, -0.05) is 6.92 Å². The van der Waals surface area contributed by atoms with Gasteiger partial charge in [-0.25, -0.2) is 0 Å². The van der Waals surface area contributed by atoms with Crippen LogP contribution in [0.1, 0.15) is 20.3 Å². The van der Waals surface area contributed by atoms with E-state index >= 15 is 0 Å². The first-order valence-corrected chi connectivity index (χ1v) is 3.89. The number of hydrogen-bond acceptors (Lipinski definition) is 4. The van der Waals surface area contributed by atoms with Gasteiger partial charge < -0.3 is 4.74 Å². The van der Waals surface area contributed by atoms with Crippen molar-refractivity contribution in [3.05, 3.63) is 0 Å². The molecule has 0 aliphatic heterocycles. The maximum absolute atomic E-state index is 10.9. The molecule has 12 heavy (non-hydrogen) atoms. The topological polar surface area (TPSA) is 62.1 Å². The SMILES string of the molecule is CCC(C#N)NC(C)C(=O)OC. The highest BCUT2D eigenvalue weighted by Gasteiger charge is 2.16. The van der Waals surface area contributed by atoms with Crippen molar-refractivity contribution in [3.63, 3.8) is 0 Å². The molecule has 0 amide bonds. The van der Waals surface area contributed by atoms with Crippen LogP contribution in [0.4, 0.5) is 0 Å². The largest absolute Gasteiger partial charge is 0.468 e. The van der Waals surface area contributed by atoms with Crippen LogP contribution in [0.5, 0.6) is 0 Å². The summed E-state index contributed by atoms with van der Waals surface area (Å²) in [4.78, 5) is 10.9. The fraction of sp³-hybridized carbons (Fsp3) is 0.750. The third-order valence-electron chi connectivity index (χ3n) is 1.57. The number of esters is 1. The van der Waals surface area contributed by atoms with Crippen molar-refractivity contribution in [1.29, 1.82) is 5.26 Å². The van der Waals surface area contributed by atoms with Crippen LogP contribution in [0.2, 0.25) is 0 Å². The van der Waals surface area contributed by atoms with E-state index in [1.165, 1.54) is 7.11 Å². The van der Waals surface area contributed by atoms with E-state index in [-0.39, 0.29) is 12.0 Å². The minimum atomic E-state index is -0.417. The van der Waals surface area contributed by atoms with E-state index in [4.69, 9.17) is 5.26 Å². The molecule has 0 heterocycles. The van der Waals surface area contributed by atoms with Crippen molar-refractivity contribution in [3.8, 4) is 6.07 Å². The minimum absolute atomic E-state index is 0.279. The Bertz CT molecular complexity index is 186. The van der Waals surface area contributed by atoms with Crippen LogP contribution in [-0.4, -0.2) is 25.2 Å². The van der Waals surface area contributed by atoms with Gasteiger partial charge in [0.1, 0.15) is 6.04 Å². The molecule has 0 radical (unpaired) electrons. The highest BCUT2D eigenvalue weighted by atomic mass is 16.5. The molecule has 68 valence electrons. The van der Waals surface area contributed by atoms with Gasteiger partial charge >= 0.3 is 5.97 Å². The second-order valence-electron chi connectivity index (χ2n) is 2.50. The van der Waals surface area contributed by atoms with E-state index < -0.39 is 6.04 Å². The van der Waals surface area contributed by atoms with Crippen molar-refractivity contribution in [2.45, 2.75) is 32.4 Å². The van der Waals surface area contributed by atoms with Gasteiger partial charge in [-0.05, 0) is 13.3 Å². The molecule has 4 heteroatoms. The standard InChI is InChI=1S/C8H14N2O2/c1-4-7(5-9)10-6(2)8(11)12-3/h6-7,10H,4H2,1-3H3. The van der Waals surface area contributed by atoms with E-state index in [9.17, 15) is 4.79 Å². The molecule has 0 saturated heterocycles. The van der Waals surface area contributed by atoms with Crippen molar-refractivity contribution in [2.75, 3.05) is 7.11 Å². The zero-order valence-corrected chi connectivity index (χ0v) is 7.63. The van der Waals surface area contributed by atoms with E-state index in [1.807, 2.05) is 13.0 Å². The lowest BCUT2D eigenvalue weighted by atomic mass is 10.2. The summed E-state index contributed by atoms with van der Waals surface area (Å²) < 4.78 is 4.49. The average Bonchev–Trinajstić information content (AvgIpc) is 2.12. The first kappa shape index (κ1) is 10.9. The number of methoxy groups -OCH3 is 1. The third-order valence-corrected chi connectivity index (χ3v) is 1.57. The Morgan fingerprint density at radius 2 is 2.33 bits per heavy atom. The van der Waals surface area contributed by atoms with Crippen molar-refractivity contribution in [2.24, 2.45) is 0 Å². The van der Waals surface area contributed by atoms with Crippen LogP contribution < -0.4 is 5.32 Å². The van der Waals surface area contributed by atoms with Gasteiger partial charge in [-0.15, -0.1) is 0 Å². The van der Waals surface area contributed by atoms with E-state index in [1.54, 1.807) is 6.92 Å². The molecule has 2 unspecified atom stereocenters. The molecular formula is C8H14N2O2. The molecule has 0 aromatic heterocycles. The number of nitrogens with zero attached hydrogens (tertiary/aromatic N) is 1. The van der Waals surface area contributed by atoms with Gasteiger partial charge in [0, 0.05) is 0 Å². The van der Waals surface area contributed by atoms with Crippen LogP contribution >= 0.6 is 0 Å². The van der Waals surface area contributed by atoms with E-state index in [0.717, 1.165) is 0 Å². The Kier molecular flexibility index (Phi) is 5.06. The number of ether oxygens (including phenoxy) is 1. The Morgan fingerprint density at radius 1 is 1.75 bits per heavy atom. The highest BCUT2D eigenvalue weighted by molar-refractivity contribution is 5.75. The summed E-state index contributed by atoms with van der Waals surface area (Å²) in [5.74, 6) is -0.344. The number of carbonyl (C=O) groups is 1. The number of hydrogen-bond donors (Lipinski definition) is 1. The average molecular weight is 170 g/mol. The summed E-state index contributed by atoms with van der Waals surface area (Å²) in [5.41, 5.74) is 0. The summed E-state index contributed by atoms with van der Waals surface area (Å²) >= 11 is 0. The van der Waals surface area contributed by atoms with Crippen LogP contribution in [0, 0.1) is 11.3 Å². The number of carbonyl (C=O) groups excluding carboxylic acids is 1. The fourth-order valence-corrected chi connectivity index (χ4v) is 0.793. The molecule has 2 atom stereocenters. The Morgan fingerprint density at radius 3 is 2.67 bits per heavy atom. The second kappa shape index (κ2) is 5.56. The zero-order chi connectivity index (χ0) is 9.56. The lowest BCUT2D eigenvalue weighted by Gasteiger charge is -2.14. The van der Waals surface area contributed by atoms with Gasteiger partial charge in [0.15, 0.2) is 0 Å². The monoisotopic (exact) mass is 170 g/mol. The lowest BCUT2D eigenvalue weighted by Crippen LogP contribution is -2.40. The molecule has 0 aliphatic rings. The van der Waals surface area contributed by atoms with Gasteiger partial charge in [0.05, 0.1) is 19.2 Å². The summed E-state index contributed by atoms with van der Waals surface area (Å²) in [7, 11) is 1.33. The van der Waals surface area contributed by atoms with Crippen LogP contribution in [0.25, 0.3) is 0 Å². The number of nitrogens with one attached hydrogen (secondary N) is 1. The Hall–Kier alpha value is -1.08. The predicted molar refractivity (Wildman–Crippen MR) is 44.3 cm³/mol. The molecule has 0 spiro atoms. The molecule has 0 aromatic rings. The van der Waals surface area contributed by atoms with Crippen molar-refractivity contribution < 1.29 is 9.53 Å². The minimum Gasteiger partial charge on any atom is -0.468 e. The maximum Gasteiger partial charge on any atom is 0.322 e. The number of nitriles is 1. The normalized spacial score (nSPS) is 14.5. The smallest absolute Gasteiger partial charge is 0.322 e. The van der Waals surface area contributed by atoms with Crippen molar-refractivity contribution >= 4 is 5.97 Å². The molecule has 0 aromatic carbocycles. The predicted octanol–water partition coefficient (Wildman–Crippen LogP) is 0.440. The molecule has 4 nitrogen and oxygen atoms in total. The van der Waals surface area contributed by atoms with E-state index in [2.05, 4.69) is 10.1 Å². The molecule has 0 bridgehead atoms. The van der Waals surface area contributed by atoms with Crippen LogP contribution in [-0.2, 0) is 9.53 Å². The van der Waals surface area contributed by atoms with Gasteiger partial charge in [-0.2, -0.15) is 5.26 Å². The summed E-state index contributed by atoms with van der Waals surface area (Å²) in [6.45, 7) is 3.55. The Balaban J connectivity index is 3.91. The van der Waals surface area contributed by atoms with E-state index in [0.29, 0.717) is 6.42 Å². The first-order chi connectivity index (χ1) is 5.65. The Labute approximate surface area is 72.5 Å². The quantitative estimate of drug-likeness (QED) is 0.622. The molecule has 1 N–H and O–H groups in total. The molecule has 0 rings (SSSR count). The molecule has 0 saturated carbocycles.